The van der Waals surface area contributed by atoms with Gasteiger partial charge in [0, 0.05) is 26.2 Å². The highest BCUT2D eigenvalue weighted by molar-refractivity contribution is 5.80. The summed E-state index contributed by atoms with van der Waals surface area (Å²) < 4.78 is 5.00. The van der Waals surface area contributed by atoms with E-state index in [1.807, 2.05) is 4.90 Å². The minimum atomic E-state index is -0.354. The van der Waals surface area contributed by atoms with Crippen molar-refractivity contribution in [3.05, 3.63) is 0 Å². The number of nitrogens with zero attached hydrogens (tertiary/aromatic N) is 1. The van der Waals surface area contributed by atoms with Gasteiger partial charge < -0.3 is 15.4 Å². The van der Waals surface area contributed by atoms with E-state index in [4.69, 9.17) is 10.5 Å². The number of hydrogen-bond donors (Lipinski definition) is 1. The van der Waals surface area contributed by atoms with Gasteiger partial charge in [-0.05, 0) is 19.3 Å². The first-order chi connectivity index (χ1) is 6.54. The second-order valence-electron chi connectivity index (χ2n) is 4.22. The molecule has 0 aromatic heterocycles. The van der Waals surface area contributed by atoms with Crippen molar-refractivity contribution in [2.45, 2.75) is 32.4 Å². The Morgan fingerprint density at radius 2 is 2.21 bits per heavy atom. The Bertz CT molecular complexity index is 198. The topological polar surface area (TPSA) is 55.6 Å². The fraction of sp³-hybridized carbons (Fsp3) is 0.900. The molecule has 4 nitrogen and oxygen atoms in total. The molecule has 14 heavy (non-hydrogen) atoms. The van der Waals surface area contributed by atoms with E-state index in [9.17, 15) is 4.79 Å². The van der Waals surface area contributed by atoms with Gasteiger partial charge in [0.1, 0.15) is 6.10 Å². The van der Waals surface area contributed by atoms with E-state index in [1.165, 1.54) is 0 Å². The van der Waals surface area contributed by atoms with Crippen LogP contribution in [0.1, 0.15) is 20.3 Å². The van der Waals surface area contributed by atoms with Gasteiger partial charge >= 0.3 is 0 Å². The normalized spacial score (nSPS) is 30.1. The first-order valence-electron chi connectivity index (χ1n) is 5.11. The fourth-order valence-corrected chi connectivity index (χ4v) is 1.94. The molecule has 1 fully saturated rings. The number of hydrogen-bond acceptors (Lipinski definition) is 3. The molecule has 3 unspecified atom stereocenters. The molecule has 0 spiro atoms. The molecule has 1 rings (SSSR count). The zero-order chi connectivity index (χ0) is 10.7. The molecule has 0 saturated carbocycles. The number of carbonyl (C=O) groups is 1. The molecule has 1 aliphatic rings. The van der Waals surface area contributed by atoms with Crippen LogP contribution in [-0.4, -0.2) is 43.2 Å². The standard InChI is InChI=1S/C10H20N2O2/c1-7-4-9(11)6-12(5-7)10(13)8(2)14-3/h7-9H,4-6,11H2,1-3H3. The molecule has 1 amide bonds. The zero-order valence-electron chi connectivity index (χ0n) is 9.19. The monoisotopic (exact) mass is 200 g/mol. The van der Waals surface area contributed by atoms with Gasteiger partial charge in [-0.3, -0.25) is 4.79 Å². The van der Waals surface area contributed by atoms with Crippen LogP contribution in [0.5, 0.6) is 0 Å². The predicted octanol–water partition coefficient (Wildman–Crippen LogP) is 0.217. The Labute approximate surface area is 85.4 Å². The van der Waals surface area contributed by atoms with Crippen LogP contribution in [0, 0.1) is 5.92 Å². The van der Waals surface area contributed by atoms with Crippen LogP contribution in [0.2, 0.25) is 0 Å². The van der Waals surface area contributed by atoms with Crippen molar-refractivity contribution in [3.63, 3.8) is 0 Å². The Balaban J connectivity index is 2.54. The third-order valence-electron chi connectivity index (χ3n) is 2.71. The summed E-state index contributed by atoms with van der Waals surface area (Å²) in [5, 5.41) is 0. The van der Waals surface area contributed by atoms with Crippen LogP contribution in [-0.2, 0) is 9.53 Å². The molecule has 2 N–H and O–H groups in total. The van der Waals surface area contributed by atoms with Gasteiger partial charge in [0.25, 0.3) is 5.91 Å². The average molecular weight is 200 g/mol. The van der Waals surface area contributed by atoms with E-state index >= 15 is 0 Å². The molecular formula is C10H20N2O2. The van der Waals surface area contributed by atoms with Gasteiger partial charge in [0.15, 0.2) is 0 Å². The molecule has 3 atom stereocenters. The summed E-state index contributed by atoms with van der Waals surface area (Å²) in [4.78, 5) is 13.6. The number of methoxy groups -OCH3 is 1. The number of amides is 1. The molecule has 82 valence electrons. The molecule has 1 heterocycles. The van der Waals surface area contributed by atoms with Crippen molar-refractivity contribution < 1.29 is 9.53 Å². The summed E-state index contributed by atoms with van der Waals surface area (Å²) >= 11 is 0. The van der Waals surface area contributed by atoms with Crippen molar-refractivity contribution in [3.8, 4) is 0 Å². The lowest BCUT2D eigenvalue weighted by Crippen LogP contribution is -2.51. The highest BCUT2D eigenvalue weighted by Crippen LogP contribution is 2.16. The van der Waals surface area contributed by atoms with Crippen molar-refractivity contribution in [1.82, 2.24) is 4.90 Å². The highest BCUT2D eigenvalue weighted by atomic mass is 16.5. The third kappa shape index (κ3) is 2.69. The van der Waals surface area contributed by atoms with E-state index in [0.29, 0.717) is 12.5 Å². The van der Waals surface area contributed by atoms with Crippen LogP contribution < -0.4 is 5.73 Å². The van der Waals surface area contributed by atoms with Crippen LogP contribution in [0.15, 0.2) is 0 Å². The molecule has 0 aliphatic carbocycles. The number of likely N-dealkylation sites (tertiary alicyclic amines) is 1. The van der Waals surface area contributed by atoms with E-state index < -0.39 is 0 Å². The Hall–Kier alpha value is -0.610. The molecular weight excluding hydrogens is 180 g/mol. The lowest BCUT2D eigenvalue weighted by atomic mass is 9.96. The maximum absolute atomic E-state index is 11.8. The van der Waals surface area contributed by atoms with Gasteiger partial charge in [-0.1, -0.05) is 6.92 Å². The molecule has 0 radical (unpaired) electrons. The number of ether oxygens (including phenoxy) is 1. The second-order valence-corrected chi connectivity index (χ2v) is 4.22. The summed E-state index contributed by atoms with van der Waals surface area (Å²) in [5.41, 5.74) is 5.86. The first kappa shape index (κ1) is 11.5. The van der Waals surface area contributed by atoms with Crippen LogP contribution in [0.4, 0.5) is 0 Å². The molecule has 1 aliphatic heterocycles. The Kier molecular flexibility index (Phi) is 3.89. The number of piperidine rings is 1. The van der Waals surface area contributed by atoms with Gasteiger partial charge in [0.05, 0.1) is 0 Å². The van der Waals surface area contributed by atoms with Crippen molar-refractivity contribution >= 4 is 5.91 Å². The predicted molar refractivity (Wildman–Crippen MR) is 54.8 cm³/mol. The quantitative estimate of drug-likeness (QED) is 0.693. The summed E-state index contributed by atoms with van der Waals surface area (Å²) in [6.45, 7) is 5.36. The SMILES string of the molecule is COC(C)C(=O)N1CC(C)CC(N)C1. The van der Waals surface area contributed by atoms with Gasteiger partial charge in [-0.15, -0.1) is 0 Å². The number of carbonyl (C=O) groups excluding carboxylic acids is 1. The minimum Gasteiger partial charge on any atom is -0.372 e. The van der Waals surface area contributed by atoms with Gasteiger partial charge in [-0.2, -0.15) is 0 Å². The largest absolute Gasteiger partial charge is 0.372 e. The first-order valence-corrected chi connectivity index (χ1v) is 5.11. The smallest absolute Gasteiger partial charge is 0.251 e. The lowest BCUT2D eigenvalue weighted by Gasteiger charge is -2.35. The van der Waals surface area contributed by atoms with Crippen LogP contribution >= 0.6 is 0 Å². The fourth-order valence-electron chi connectivity index (χ4n) is 1.94. The van der Waals surface area contributed by atoms with Crippen molar-refractivity contribution in [2.24, 2.45) is 11.7 Å². The minimum absolute atomic E-state index is 0.0505. The summed E-state index contributed by atoms with van der Waals surface area (Å²) in [6, 6.07) is 0.117. The summed E-state index contributed by atoms with van der Waals surface area (Å²) in [6.07, 6.45) is 0.651. The van der Waals surface area contributed by atoms with Crippen LogP contribution in [0.25, 0.3) is 0 Å². The third-order valence-corrected chi connectivity index (χ3v) is 2.71. The molecule has 1 saturated heterocycles. The molecule has 0 aromatic carbocycles. The van der Waals surface area contributed by atoms with Crippen LogP contribution in [0.3, 0.4) is 0 Å². The van der Waals surface area contributed by atoms with E-state index in [2.05, 4.69) is 6.92 Å². The molecule has 0 bridgehead atoms. The maximum Gasteiger partial charge on any atom is 0.251 e. The number of nitrogens with two attached hydrogens (primary N) is 1. The average Bonchev–Trinajstić information content (AvgIpc) is 2.14. The van der Waals surface area contributed by atoms with E-state index in [-0.39, 0.29) is 18.1 Å². The molecule has 4 heteroatoms. The van der Waals surface area contributed by atoms with Gasteiger partial charge in [-0.25, -0.2) is 0 Å². The maximum atomic E-state index is 11.8. The van der Waals surface area contributed by atoms with E-state index in [0.717, 1.165) is 13.0 Å². The number of rotatable bonds is 2. The Morgan fingerprint density at radius 3 is 2.71 bits per heavy atom. The van der Waals surface area contributed by atoms with Crippen molar-refractivity contribution in [2.75, 3.05) is 20.2 Å². The molecule has 0 aromatic rings. The second kappa shape index (κ2) is 4.75. The zero-order valence-corrected chi connectivity index (χ0v) is 9.19. The Morgan fingerprint density at radius 1 is 1.57 bits per heavy atom. The summed E-state index contributed by atoms with van der Waals surface area (Å²) in [5.74, 6) is 0.543. The van der Waals surface area contributed by atoms with E-state index in [1.54, 1.807) is 14.0 Å². The van der Waals surface area contributed by atoms with Gasteiger partial charge in [0.2, 0.25) is 0 Å². The van der Waals surface area contributed by atoms with Crippen molar-refractivity contribution in [1.29, 1.82) is 0 Å². The lowest BCUT2D eigenvalue weighted by molar-refractivity contribution is -0.143. The highest BCUT2D eigenvalue weighted by Gasteiger charge is 2.28. The summed E-state index contributed by atoms with van der Waals surface area (Å²) in [7, 11) is 1.55.